The maximum atomic E-state index is 12.3. The number of rotatable bonds is 3. The molecule has 0 unspecified atom stereocenters. The highest BCUT2D eigenvalue weighted by atomic mass is 16.5. The maximum absolute atomic E-state index is 12.3. The summed E-state index contributed by atoms with van der Waals surface area (Å²) in [4.78, 5) is 14.1. The zero-order valence-electron chi connectivity index (χ0n) is 13.5. The standard InChI is InChI=1S/C17H26N2O2/c1-17(2,3)14-7-5-13(6-8-14)11-19(4)16(20)15-12-21-10-9-18-15/h5-8,15,18H,9-12H2,1-4H3/t15-/m0/s1. The number of nitrogens with one attached hydrogen (secondary N) is 1. The molecule has 1 N–H and O–H groups in total. The average Bonchev–Trinajstić information content (AvgIpc) is 2.47. The van der Waals surface area contributed by atoms with Crippen LogP contribution in [-0.4, -0.2) is 43.7 Å². The Hall–Kier alpha value is -1.39. The molecular formula is C17H26N2O2. The van der Waals surface area contributed by atoms with E-state index in [2.05, 4.69) is 50.4 Å². The SMILES string of the molecule is CN(Cc1ccc(C(C)(C)C)cc1)C(=O)[C@@H]1COCCN1. The highest BCUT2D eigenvalue weighted by Crippen LogP contribution is 2.22. The van der Waals surface area contributed by atoms with Gasteiger partial charge in [0.25, 0.3) is 0 Å². The molecule has 4 nitrogen and oxygen atoms in total. The van der Waals surface area contributed by atoms with Crippen LogP contribution in [0.1, 0.15) is 31.9 Å². The number of carbonyl (C=O) groups excluding carboxylic acids is 1. The molecule has 1 amide bonds. The van der Waals surface area contributed by atoms with Crippen molar-refractivity contribution in [3.8, 4) is 0 Å². The van der Waals surface area contributed by atoms with Gasteiger partial charge in [-0.05, 0) is 16.5 Å². The minimum Gasteiger partial charge on any atom is -0.378 e. The van der Waals surface area contributed by atoms with Crippen molar-refractivity contribution in [2.75, 3.05) is 26.8 Å². The highest BCUT2D eigenvalue weighted by Gasteiger charge is 2.24. The number of amides is 1. The lowest BCUT2D eigenvalue weighted by molar-refractivity contribution is -0.135. The van der Waals surface area contributed by atoms with E-state index in [1.165, 1.54) is 5.56 Å². The Balaban J connectivity index is 1.95. The number of hydrogen-bond donors (Lipinski definition) is 1. The molecule has 2 rings (SSSR count). The zero-order chi connectivity index (χ0) is 15.5. The molecule has 1 fully saturated rings. The van der Waals surface area contributed by atoms with E-state index in [-0.39, 0.29) is 17.4 Å². The van der Waals surface area contributed by atoms with Crippen LogP contribution in [0.15, 0.2) is 24.3 Å². The molecule has 1 atom stereocenters. The number of likely N-dealkylation sites (N-methyl/N-ethyl adjacent to an activating group) is 1. The Morgan fingerprint density at radius 2 is 2.00 bits per heavy atom. The normalized spacial score (nSPS) is 19.3. The van der Waals surface area contributed by atoms with Crippen LogP contribution >= 0.6 is 0 Å². The molecule has 0 radical (unpaired) electrons. The Kier molecular flexibility index (Phi) is 5.01. The van der Waals surface area contributed by atoms with Gasteiger partial charge in [-0.2, -0.15) is 0 Å². The minimum absolute atomic E-state index is 0.0922. The van der Waals surface area contributed by atoms with Crippen LogP contribution in [0.4, 0.5) is 0 Å². The van der Waals surface area contributed by atoms with Crippen LogP contribution in [-0.2, 0) is 21.5 Å². The second-order valence-corrected chi connectivity index (χ2v) is 6.72. The van der Waals surface area contributed by atoms with Gasteiger partial charge >= 0.3 is 0 Å². The average molecular weight is 290 g/mol. The quantitative estimate of drug-likeness (QED) is 0.925. The monoisotopic (exact) mass is 290 g/mol. The second-order valence-electron chi connectivity index (χ2n) is 6.72. The fourth-order valence-electron chi connectivity index (χ4n) is 2.45. The van der Waals surface area contributed by atoms with Crippen molar-refractivity contribution in [1.82, 2.24) is 10.2 Å². The van der Waals surface area contributed by atoms with Gasteiger partial charge in [-0.15, -0.1) is 0 Å². The van der Waals surface area contributed by atoms with E-state index >= 15 is 0 Å². The van der Waals surface area contributed by atoms with Crippen LogP contribution in [0.3, 0.4) is 0 Å². The molecule has 0 bridgehead atoms. The molecule has 4 heteroatoms. The molecule has 1 aromatic carbocycles. The fraction of sp³-hybridized carbons (Fsp3) is 0.588. The lowest BCUT2D eigenvalue weighted by Crippen LogP contribution is -2.51. The van der Waals surface area contributed by atoms with E-state index in [9.17, 15) is 4.79 Å². The van der Waals surface area contributed by atoms with Crippen LogP contribution in [0, 0.1) is 0 Å². The van der Waals surface area contributed by atoms with E-state index in [1.54, 1.807) is 4.90 Å². The largest absolute Gasteiger partial charge is 0.378 e. The smallest absolute Gasteiger partial charge is 0.242 e. The summed E-state index contributed by atoms with van der Waals surface area (Å²) in [5.41, 5.74) is 2.61. The topological polar surface area (TPSA) is 41.6 Å². The Labute approximate surface area is 127 Å². The van der Waals surface area contributed by atoms with Gasteiger partial charge in [-0.1, -0.05) is 45.0 Å². The van der Waals surface area contributed by atoms with Crippen LogP contribution in [0.2, 0.25) is 0 Å². The van der Waals surface area contributed by atoms with Crippen molar-refractivity contribution in [2.45, 2.75) is 38.8 Å². The first kappa shape index (κ1) is 16.0. The third-order valence-corrected chi connectivity index (χ3v) is 3.84. The molecule has 1 aliphatic heterocycles. The summed E-state index contributed by atoms with van der Waals surface area (Å²) >= 11 is 0. The van der Waals surface area contributed by atoms with E-state index in [1.807, 2.05) is 7.05 Å². The number of nitrogens with zero attached hydrogens (tertiary/aromatic N) is 1. The Bertz CT molecular complexity index is 471. The highest BCUT2D eigenvalue weighted by molar-refractivity contribution is 5.81. The number of hydrogen-bond acceptors (Lipinski definition) is 3. The zero-order valence-corrected chi connectivity index (χ0v) is 13.5. The van der Waals surface area contributed by atoms with E-state index < -0.39 is 0 Å². The molecule has 21 heavy (non-hydrogen) atoms. The number of carbonyl (C=O) groups is 1. The first-order valence-corrected chi connectivity index (χ1v) is 7.53. The summed E-state index contributed by atoms with van der Waals surface area (Å²) < 4.78 is 5.35. The minimum atomic E-state index is -0.211. The van der Waals surface area contributed by atoms with Gasteiger partial charge in [-0.3, -0.25) is 4.79 Å². The number of morpholine rings is 1. The van der Waals surface area contributed by atoms with Crippen molar-refractivity contribution in [1.29, 1.82) is 0 Å². The molecule has 1 saturated heterocycles. The van der Waals surface area contributed by atoms with Crippen LogP contribution in [0.5, 0.6) is 0 Å². The summed E-state index contributed by atoms with van der Waals surface area (Å²) in [6.45, 7) is 9.12. The second kappa shape index (κ2) is 6.58. The van der Waals surface area contributed by atoms with Gasteiger partial charge in [0.2, 0.25) is 5.91 Å². The number of benzene rings is 1. The molecule has 0 spiro atoms. The van der Waals surface area contributed by atoms with Crippen molar-refractivity contribution in [2.24, 2.45) is 0 Å². The van der Waals surface area contributed by atoms with Gasteiger partial charge in [0, 0.05) is 20.1 Å². The fourth-order valence-corrected chi connectivity index (χ4v) is 2.45. The third kappa shape index (κ3) is 4.29. The Morgan fingerprint density at radius 3 is 2.52 bits per heavy atom. The summed E-state index contributed by atoms with van der Waals surface area (Å²) in [6.07, 6.45) is 0. The van der Waals surface area contributed by atoms with Gasteiger partial charge in [0.15, 0.2) is 0 Å². The predicted octanol–water partition coefficient (Wildman–Crippen LogP) is 1.93. The molecule has 0 aliphatic carbocycles. The van der Waals surface area contributed by atoms with Crippen LogP contribution < -0.4 is 5.32 Å². The molecule has 1 aromatic rings. The number of ether oxygens (including phenoxy) is 1. The predicted molar refractivity (Wildman–Crippen MR) is 84.2 cm³/mol. The van der Waals surface area contributed by atoms with E-state index in [4.69, 9.17) is 4.74 Å². The maximum Gasteiger partial charge on any atom is 0.242 e. The van der Waals surface area contributed by atoms with Crippen molar-refractivity contribution in [3.05, 3.63) is 35.4 Å². The summed E-state index contributed by atoms with van der Waals surface area (Å²) in [7, 11) is 1.84. The van der Waals surface area contributed by atoms with Crippen molar-refractivity contribution < 1.29 is 9.53 Å². The van der Waals surface area contributed by atoms with E-state index in [0.29, 0.717) is 19.8 Å². The lowest BCUT2D eigenvalue weighted by atomic mass is 9.87. The molecule has 1 aliphatic rings. The first-order valence-electron chi connectivity index (χ1n) is 7.53. The van der Waals surface area contributed by atoms with Crippen molar-refractivity contribution in [3.63, 3.8) is 0 Å². The van der Waals surface area contributed by atoms with Crippen LogP contribution in [0.25, 0.3) is 0 Å². The molecule has 0 aromatic heterocycles. The van der Waals surface area contributed by atoms with E-state index in [0.717, 1.165) is 12.1 Å². The Morgan fingerprint density at radius 1 is 1.33 bits per heavy atom. The molecule has 1 heterocycles. The lowest BCUT2D eigenvalue weighted by Gasteiger charge is -2.27. The molecular weight excluding hydrogens is 264 g/mol. The van der Waals surface area contributed by atoms with Gasteiger partial charge in [-0.25, -0.2) is 0 Å². The van der Waals surface area contributed by atoms with Gasteiger partial charge in [0.1, 0.15) is 6.04 Å². The van der Waals surface area contributed by atoms with Crippen molar-refractivity contribution >= 4 is 5.91 Å². The molecule has 0 saturated carbocycles. The summed E-state index contributed by atoms with van der Waals surface area (Å²) in [5.74, 6) is 0.0922. The van der Waals surface area contributed by atoms with Gasteiger partial charge in [0.05, 0.1) is 13.2 Å². The third-order valence-electron chi connectivity index (χ3n) is 3.84. The molecule has 116 valence electrons. The first-order chi connectivity index (χ1) is 9.88. The van der Waals surface area contributed by atoms with Gasteiger partial charge < -0.3 is 15.0 Å². The summed E-state index contributed by atoms with van der Waals surface area (Å²) in [5, 5.41) is 3.20. The summed E-state index contributed by atoms with van der Waals surface area (Å²) in [6, 6.07) is 8.30.